The first-order valence-corrected chi connectivity index (χ1v) is 8.34. The van der Waals surface area contributed by atoms with Crippen molar-refractivity contribution < 1.29 is 5.11 Å². The molecule has 20 heavy (non-hydrogen) atoms. The molecule has 0 unspecified atom stereocenters. The van der Waals surface area contributed by atoms with E-state index in [-0.39, 0.29) is 0 Å². The van der Waals surface area contributed by atoms with Crippen molar-refractivity contribution in [3.8, 4) is 0 Å². The average Bonchev–Trinajstić information content (AvgIpc) is 2.75. The zero-order chi connectivity index (χ0) is 14.8. The molecule has 5 heteroatoms. The molecule has 0 saturated carbocycles. The zero-order valence-electron chi connectivity index (χ0n) is 13.1. The second kappa shape index (κ2) is 6.52. The third-order valence-corrected chi connectivity index (χ3v) is 5.13. The van der Waals surface area contributed by atoms with Gasteiger partial charge >= 0.3 is 0 Å². The number of aryl methyl sites for hydroxylation is 1. The fourth-order valence-corrected chi connectivity index (χ4v) is 3.70. The summed E-state index contributed by atoms with van der Waals surface area (Å²) in [6.45, 7) is 11.3. The molecule has 0 atom stereocenters. The van der Waals surface area contributed by atoms with E-state index < -0.39 is 5.60 Å². The van der Waals surface area contributed by atoms with E-state index in [2.05, 4.69) is 23.8 Å². The molecular weight excluding hydrogens is 270 g/mol. The maximum Gasteiger partial charge on any atom is 0.107 e. The lowest BCUT2D eigenvalue weighted by Crippen LogP contribution is -2.43. The van der Waals surface area contributed by atoms with E-state index in [1.165, 1.54) is 0 Å². The van der Waals surface area contributed by atoms with Gasteiger partial charge in [0.1, 0.15) is 5.01 Å². The van der Waals surface area contributed by atoms with Gasteiger partial charge in [0.15, 0.2) is 0 Å². The topological polar surface area (TPSA) is 39.6 Å². The Bertz CT molecular complexity index is 431. The Morgan fingerprint density at radius 3 is 2.45 bits per heavy atom. The second-order valence-corrected chi connectivity index (χ2v) is 7.36. The molecule has 2 rings (SSSR count). The number of thiazole rings is 1. The number of nitrogens with zero attached hydrogens (tertiary/aromatic N) is 3. The summed E-state index contributed by atoms with van der Waals surface area (Å²) in [5, 5.41) is 11.4. The van der Waals surface area contributed by atoms with Crippen LogP contribution < -0.4 is 0 Å². The normalized spacial score (nSPS) is 18.6. The van der Waals surface area contributed by atoms with Crippen LogP contribution in [0.4, 0.5) is 0 Å². The first kappa shape index (κ1) is 15.9. The monoisotopic (exact) mass is 297 g/mol. The lowest BCUT2D eigenvalue weighted by atomic mass is 10.0. The van der Waals surface area contributed by atoms with Crippen molar-refractivity contribution in [2.45, 2.75) is 45.8 Å². The van der Waals surface area contributed by atoms with Crippen LogP contribution in [0.15, 0.2) is 0 Å². The first-order chi connectivity index (χ1) is 9.40. The van der Waals surface area contributed by atoms with Crippen LogP contribution in [0.1, 0.15) is 42.8 Å². The summed E-state index contributed by atoms with van der Waals surface area (Å²) in [6.07, 6.45) is 2.03. The van der Waals surface area contributed by atoms with E-state index in [1.807, 2.05) is 13.8 Å². The van der Waals surface area contributed by atoms with Gasteiger partial charge in [-0.15, -0.1) is 11.3 Å². The van der Waals surface area contributed by atoms with Crippen LogP contribution in [-0.4, -0.2) is 53.1 Å². The second-order valence-electron chi connectivity index (χ2n) is 6.27. The van der Waals surface area contributed by atoms with Crippen LogP contribution in [0.3, 0.4) is 0 Å². The Morgan fingerprint density at radius 1 is 1.25 bits per heavy atom. The Labute approximate surface area is 126 Å². The number of likely N-dealkylation sites (N-methyl/N-ethyl adjacent to an activating group) is 1. The highest BCUT2D eigenvalue weighted by Gasteiger charge is 2.25. The van der Waals surface area contributed by atoms with Gasteiger partial charge in [0.2, 0.25) is 0 Å². The van der Waals surface area contributed by atoms with Crippen molar-refractivity contribution in [3.63, 3.8) is 0 Å². The van der Waals surface area contributed by atoms with Crippen LogP contribution in [-0.2, 0) is 18.6 Å². The lowest BCUT2D eigenvalue weighted by Gasteiger charge is -2.31. The summed E-state index contributed by atoms with van der Waals surface area (Å²) in [5.74, 6) is 0. The van der Waals surface area contributed by atoms with Crippen LogP contribution in [0.2, 0.25) is 0 Å². The number of piperazine rings is 1. The molecule has 1 saturated heterocycles. The van der Waals surface area contributed by atoms with Gasteiger partial charge in [0.25, 0.3) is 0 Å². The highest BCUT2D eigenvalue weighted by atomic mass is 32.1. The predicted molar refractivity (Wildman–Crippen MR) is 84.1 cm³/mol. The molecule has 1 aliphatic heterocycles. The molecule has 2 heterocycles. The molecule has 114 valence electrons. The van der Waals surface area contributed by atoms with Gasteiger partial charge in [-0.3, -0.25) is 4.90 Å². The molecule has 1 aliphatic rings. The number of hydrogen-bond acceptors (Lipinski definition) is 5. The average molecular weight is 297 g/mol. The molecule has 4 nitrogen and oxygen atoms in total. The minimum absolute atomic E-state index is 0.775. The summed E-state index contributed by atoms with van der Waals surface area (Å²) in [4.78, 5) is 10.7. The van der Waals surface area contributed by atoms with Gasteiger partial charge in [-0.2, -0.15) is 0 Å². The van der Waals surface area contributed by atoms with E-state index in [9.17, 15) is 5.11 Å². The predicted octanol–water partition coefficient (Wildman–Crippen LogP) is 2.07. The van der Waals surface area contributed by atoms with Gasteiger partial charge in [-0.1, -0.05) is 13.3 Å². The third kappa shape index (κ3) is 4.01. The molecule has 1 aromatic heterocycles. The zero-order valence-corrected chi connectivity index (χ0v) is 14.0. The molecule has 0 radical (unpaired) electrons. The third-order valence-electron chi connectivity index (χ3n) is 3.74. The van der Waals surface area contributed by atoms with Crippen LogP contribution in [0, 0.1) is 0 Å². The maximum absolute atomic E-state index is 10.3. The van der Waals surface area contributed by atoms with E-state index in [0.717, 1.165) is 61.1 Å². The van der Waals surface area contributed by atoms with E-state index in [0.29, 0.717) is 0 Å². The number of aromatic nitrogens is 1. The number of aliphatic hydroxyl groups is 1. The molecule has 1 N–H and O–H groups in total. The molecule has 0 aliphatic carbocycles. The van der Waals surface area contributed by atoms with Gasteiger partial charge in [0, 0.05) is 26.2 Å². The minimum Gasteiger partial charge on any atom is -0.385 e. The fourth-order valence-electron chi connectivity index (χ4n) is 2.55. The summed E-state index contributed by atoms with van der Waals surface area (Å²) in [5.41, 5.74) is 0.317. The van der Waals surface area contributed by atoms with Crippen molar-refractivity contribution in [2.75, 3.05) is 33.2 Å². The summed E-state index contributed by atoms with van der Waals surface area (Å²) < 4.78 is 0. The molecule has 1 aromatic rings. The minimum atomic E-state index is -0.775. The van der Waals surface area contributed by atoms with E-state index in [1.54, 1.807) is 11.3 Å². The molecule has 0 spiro atoms. The van der Waals surface area contributed by atoms with E-state index >= 15 is 0 Å². The van der Waals surface area contributed by atoms with Crippen LogP contribution in [0.5, 0.6) is 0 Å². The van der Waals surface area contributed by atoms with Gasteiger partial charge in [-0.05, 0) is 27.3 Å². The SMILES string of the molecule is CCCc1nc(CN2CCN(C)CC2)sc1C(C)(C)O. The van der Waals surface area contributed by atoms with Crippen molar-refractivity contribution in [3.05, 3.63) is 15.6 Å². The smallest absolute Gasteiger partial charge is 0.107 e. The Kier molecular flexibility index (Phi) is 5.18. The molecule has 0 bridgehead atoms. The summed E-state index contributed by atoms with van der Waals surface area (Å²) in [6, 6.07) is 0. The standard InChI is InChI=1S/C15H27N3OS/c1-5-6-12-14(15(2,3)19)20-13(16-12)11-18-9-7-17(4)8-10-18/h19H,5-11H2,1-4H3. The lowest BCUT2D eigenvalue weighted by molar-refractivity contribution is 0.0813. The Morgan fingerprint density at radius 2 is 1.90 bits per heavy atom. The Hall–Kier alpha value is -0.490. The van der Waals surface area contributed by atoms with Crippen molar-refractivity contribution in [1.29, 1.82) is 0 Å². The van der Waals surface area contributed by atoms with Gasteiger partial charge in [0.05, 0.1) is 22.7 Å². The molecule has 1 fully saturated rings. The van der Waals surface area contributed by atoms with Crippen molar-refractivity contribution in [1.82, 2.24) is 14.8 Å². The quantitative estimate of drug-likeness (QED) is 0.903. The molecule has 0 aromatic carbocycles. The summed E-state index contributed by atoms with van der Waals surface area (Å²) >= 11 is 1.68. The van der Waals surface area contributed by atoms with Crippen LogP contribution >= 0.6 is 11.3 Å². The Balaban J connectivity index is 2.08. The fraction of sp³-hybridized carbons (Fsp3) is 0.800. The number of hydrogen-bond donors (Lipinski definition) is 1. The van der Waals surface area contributed by atoms with Crippen LogP contribution in [0.25, 0.3) is 0 Å². The van der Waals surface area contributed by atoms with Crippen molar-refractivity contribution in [2.24, 2.45) is 0 Å². The number of rotatable bonds is 5. The molecular formula is C15H27N3OS. The van der Waals surface area contributed by atoms with Gasteiger partial charge in [-0.25, -0.2) is 4.98 Å². The maximum atomic E-state index is 10.3. The van der Waals surface area contributed by atoms with Crippen molar-refractivity contribution >= 4 is 11.3 Å². The first-order valence-electron chi connectivity index (χ1n) is 7.52. The van der Waals surface area contributed by atoms with E-state index in [4.69, 9.17) is 4.98 Å². The molecule has 0 amide bonds. The highest BCUT2D eigenvalue weighted by Crippen LogP contribution is 2.31. The highest BCUT2D eigenvalue weighted by molar-refractivity contribution is 7.11. The van der Waals surface area contributed by atoms with Gasteiger partial charge < -0.3 is 10.0 Å². The largest absolute Gasteiger partial charge is 0.385 e. The summed E-state index contributed by atoms with van der Waals surface area (Å²) in [7, 11) is 2.17.